The maximum atomic E-state index is 11.7. The molecule has 1 fully saturated rings. The van der Waals surface area contributed by atoms with Crippen LogP contribution in [0.3, 0.4) is 0 Å². The van der Waals surface area contributed by atoms with Crippen molar-refractivity contribution in [3.05, 3.63) is 12.2 Å². The average molecular weight is 206 g/mol. The number of fused-ring (bicyclic) bond motifs is 2. The van der Waals surface area contributed by atoms with Gasteiger partial charge in [-0.05, 0) is 42.9 Å². The van der Waals surface area contributed by atoms with Crippen LogP contribution in [-0.4, -0.2) is 5.78 Å². The first kappa shape index (κ1) is 10.9. The molecule has 2 bridgehead atoms. The van der Waals surface area contributed by atoms with Crippen molar-refractivity contribution in [1.82, 2.24) is 0 Å². The second kappa shape index (κ2) is 3.20. The summed E-state index contributed by atoms with van der Waals surface area (Å²) in [5, 5.41) is 0. The van der Waals surface area contributed by atoms with E-state index in [9.17, 15) is 4.79 Å². The number of hydrogen-bond donors (Lipinski definition) is 0. The van der Waals surface area contributed by atoms with Crippen molar-refractivity contribution >= 4 is 5.78 Å². The number of Topliss-reactive ketones (excluding diaryl/α,β-unsaturated/α-hetero) is 1. The Kier molecular flexibility index (Phi) is 2.33. The highest BCUT2D eigenvalue weighted by Crippen LogP contribution is 2.58. The zero-order chi connectivity index (χ0) is 11.3. The van der Waals surface area contributed by atoms with Gasteiger partial charge in [0.25, 0.3) is 0 Å². The van der Waals surface area contributed by atoms with Crippen LogP contribution in [0.4, 0.5) is 0 Å². The van der Waals surface area contributed by atoms with Gasteiger partial charge in [-0.3, -0.25) is 4.79 Å². The molecule has 3 aliphatic carbocycles. The Balaban J connectivity index is 2.37. The van der Waals surface area contributed by atoms with Gasteiger partial charge in [0.15, 0.2) is 0 Å². The van der Waals surface area contributed by atoms with Gasteiger partial charge >= 0.3 is 0 Å². The minimum absolute atomic E-state index is 0.155. The topological polar surface area (TPSA) is 17.1 Å². The molecule has 0 aromatic heterocycles. The van der Waals surface area contributed by atoms with Gasteiger partial charge in [0.1, 0.15) is 5.78 Å². The molecule has 0 N–H and O–H groups in total. The predicted molar refractivity (Wildman–Crippen MR) is 62.5 cm³/mol. The Morgan fingerprint density at radius 2 is 2.00 bits per heavy atom. The fourth-order valence-corrected chi connectivity index (χ4v) is 3.42. The Bertz CT molecular complexity index is 315. The number of ketones is 1. The molecule has 1 nitrogen and oxygen atoms in total. The monoisotopic (exact) mass is 206 g/mol. The minimum atomic E-state index is 0.155. The van der Waals surface area contributed by atoms with Gasteiger partial charge < -0.3 is 0 Å². The van der Waals surface area contributed by atoms with Crippen molar-refractivity contribution in [2.45, 2.75) is 47.0 Å². The number of allylic oxidation sites excluding steroid dienone is 2. The molecule has 0 aromatic rings. The Morgan fingerprint density at radius 1 is 1.33 bits per heavy atom. The smallest absolute Gasteiger partial charge is 0.133 e. The molecule has 3 aliphatic rings. The Morgan fingerprint density at radius 3 is 2.40 bits per heavy atom. The zero-order valence-corrected chi connectivity index (χ0v) is 10.3. The van der Waals surface area contributed by atoms with Gasteiger partial charge in [0, 0.05) is 5.92 Å². The molecule has 0 amide bonds. The first-order chi connectivity index (χ1) is 6.90. The predicted octanol–water partition coefficient (Wildman–Crippen LogP) is 3.59. The van der Waals surface area contributed by atoms with Gasteiger partial charge in [0.05, 0.1) is 0 Å². The number of rotatable bonds is 2. The van der Waals surface area contributed by atoms with Crippen LogP contribution in [0.5, 0.6) is 0 Å². The quantitative estimate of drug-likeness (QED) is 0.631. The van der Waals surface area contributed by atoms with Crippen molar-refractivity contribution < 1.29 is 4.79 Å². The largest absolute Gasteiger partial charge is 0.300 e. The first-order valence-corrected chi connectivity index (χ1v) is 6.10. The van der Waals surface area contributed by atoms with E-state index in [0.29, 0.717) is 17.1 Å². The number of carbonyl (C=O) groups is 1. The highest BCUT2D eigenvalue weighted by molar-refractivity contribution is 5.80. The molecule has 0 radical (unpaired) electrons. The SMILES string of the molecule is CC(=O)C1CC2(C(C)C)C=CC1(C)CC2. The fraction of sp³-hybridized carbons (Fsp3) is 0.786. The lowest BCUT2D eigenvalue weighted by Gasteiger charge is -2.53. The Hall–Kier alpha value is -0.590. The lowest BCUT2D eigenvalue weighted by atomic mass is 9.50. The van der Waals surface area contributed by atoms with Crippen LogP contribution < -0.4 is 0 Å². The molecular weight excluding hydrogens is 184 g/mol. The van der Waals surface area contributed by atoms with E-state index in [2.05, 4.69) is 32.9 Å². The Labute approximate surface area is 92.9 Å². The van der Waals surface area contributed by atoms with Crippen LogP contribution in [0.1, 0.15) is 47.0 Å². The van der Waals surface area contributed by atoms with Crippen molar-refractivity contribution in [3.8, 4) is 0 Å². The normalized spacial score (nSPS) is 43.7. The third-order valence-electron chi connectivity index (χ3n) is 4.95. The van der Waals surface area contributed by atoms with Gasteiger partial charge in [0.2, 0.25) is 0 Å². The molecule has 0 spiro atoms. The van der Waals surface area contributed by atoms with Crippen LogP contribution in [0.2, 0.25) is 0 Å². The van der Waals surface area contributed by atoms with Crippen molar-refractivity contribution in [3.63, 3.8) is 0 Å². The second-order valence-electron chi connectivity index (χ2n) is 6.09. The van der Waals surface area contributed by atoms with Crippen LogP contribution in [-0.2, 0) is 4.79 Å². The molecule has 3 unspecified atom stereocenters. The summed E-state index contributed by atoms with van der Waals surface area (Å²) < 4.78 is 0. The summed E-state index contributed by atoms with van der Waals surface area (Å²) in [4.78, 5) is 11.7. The summed E-state index contributed by atoms with van der Waals surface area (Å²) in [7, 11) is 0. The highest BCUT2D eigenvalue weighted by atomic mass is 16.1. The third-order valence-corrected chi connectivity index (χ3v) is 4.95. The van der Waals surface area contributed by atoms with Crippen molar-refractivity contribution in [2.75, 3.05) is 0 Å². The first-order valence-electron chi connectivity index (χ1n) is 6.10. The van der Waals surface area contributed by atoms with Gasteiger partial charge in [-0.15, -0.1) is 0 Å². The maximum absolute atomic E-state index is 11.7. The fourth-order valence-electron chi connectivity index (χ4n) is 3.42. The van der Waals surface area contributed by atoms with Gasteiger partial charge in [-0.2, -0.15) is 0 Å². The summed E-state index contributed by atoms with van der Waals surface area (Å²) in [6.45, 7) is 8.59. The van der Waals surface area contributed by atoms with E-state index >= 15 is 0 Å². The summed E-state index contributed by atoms with van der Waals surface area (Å²) in [6, 6.07) is 0. The molecule has 0 aliphatic heterocycles. The van der Waals surface area contributed by atoms with E-state index in [4.69, 9.17) is 0 Å². The molecular formula is C14H22O. The summed E-state index contributed by atoms with van der Waals surface area (Å²) in [5.41, 5.74) is 0.469. The minimum Gasteiger partial charge on any atom is -0.300 e. The zero-order valence-electron chi connectivity index (χ0n) is 10.3. The van der Waals surface area contributed by atoms with Gasteiger partial charge in [-0.25, -0.2) is 0 Å². The molecule has 1 heteroatoms. The second-order valence-corrected chi connectivity index (χ2v) is 6.09. The summed E-state index contributed by atoms with van der Waals surface area (Å²) >= 11 is 0. The van der Waals surface area contributed by atoms with Gasteiger partial charge in [-0.1, -0.05) is 32.9 Å². The van der Waals surface area contributed by atoms with E-state index in [1.54, 1.807) is 6.92 Å². The molecule has 3 rings (SSSR count). The van der Waals surface area contributed by atoms with Crippen LogP contribution >= 0.6 is 0 Å². The molecule has 3 atom stereocenters. The number of carbonyl (C=O) groups excluding carboxylic acids is 1. The molecule has 15 heavy (non-hydrogen) atoms. The van der Waals surface area contributed by atoms with Crippen LogP contribution in [0.25, 0.3) is 0 Å². The summed E-state index contributed by atoms with van der Waals surface area (Å²) in [6.07, 6.45) is 8.26. The van der Waals surface area contributed by atoms with E-state index in [0.717, 1.165) is 6.42 Å². The van der Waals surface area contributed by atoms with E-state index in [-0.39, 0.29) is 11.3 Å². The van der Waals surface area contributed by atoms with Crippen LogP contribution in [0.15, 0.2) is 12.2 Å². The molecule has 0 saturated heterocycles. The van der Waals surface area contributed by atoms with Crippen LogP contribution in [0, 0.1) is 22.7 Å². The lowest BCUT2D eigenvalue weighted by molar-refractivity contribution is -0.128. The standard InChI is InChI=1S/C14H22O/c1-10(2)14-7-5-13(4,6-8-14)12(9-14)11(3)15/h5,7,10,12H,6,8-9H2,1-4H3. The molecule has 1 saturated carbocycles. The third kappa shape index (κ3) is 1.47. The molecule has 0 heterocycles. The van der Waals surface area contributed by atoms with E-state index in [1.807, 2.05) is 0 Å². The summed E-state index contributed by atoms with van der Waals surface area (Å²) in [5.74, 6) is 1.30. The lowest BCUT2D eigenvalue weighted by Crippen LogP contribution is -2.47. The highest BCUT2D eigenvalue weighted by Gasteiger charge is 2.51. The maximum Gasteiger partial charge on any atom is 0.133 e. The number of hydrogen-bond acceptors (Lipinski definition) is 1. The van der Waals surface area contributed by atoms with Crippen molar-refractivity contribution in [1.29, 1.82) is 0 Å². The molecule has 84 valence electrons. The van der Waals surface area contributed by atoms with Crippen molar-refractivity contribution in [2.24, 2.45) is 22.7 Å². The average Bonchev–Trinajstić information content (AvgIpc) is 2.18. The van der Waals surface area contributed by atoms with E-state index in [1.165, 1.54) is 12.8 Å². The van der Waals surface area contributed by atoms with E-state index < -0.39 is 0 Å². The molecule has 0 aromatic carbocycles.